The number of nitro benzene ring substituents is 1. The van der Waals surface area contributed by atoms with Crippen molar-refractivity contribution in [2.24, 2.45) is 0 Å². The normalized spacial score (nSPS) is 10.3. The fourth-order valence-corrected chi connectivity index (χ4v) is 1.80. The smallest absolute Gasteiger partial charge is 0.293 e. The Labute approximate surface area is 111 Å². The van der Waals surface area contributed by atoms with Crippen LogP contribution in [0, 0.1) is 17.0 Å². The number of aryl methyl sites for hydroxylation is 1. The summed E-state index contributed by atoms with van der Waals surface area (Å²) in [6.07, 6.45) is 0. The number of rotatable bonds is 4. The molecular formula is C10H10BrN5O2. The molecule has 0 aliphatic heterocycles. The summed E-state index contributed by atoms with van der Waals surface area (Å²) in [7, 11) is 0. The van der Waals surface area contributed by atoms with Gasteiger partial charge in [0.1, 0.15) is 11.5 Å². The van der Waals surface area contributed by atoms with Gasteiger partial charge in [-0.15, -0.1) is 0 Å². The van der Waals surface area contributed by atoms with Gasteiger partial charge in [-0.25, -0.2) is 4.98 Å². The highest BCUT2D eigenvalue weighted by atomic mass is 79.9. The number of nitro groups is 1. The van der Waals surface area contributed by atoms with E-state index in [1.807, 2.05) is 0 Å². The molecule has 7 nitrogen and oxygen atoms in total. The summed E-state index contributed by atoms with van der Waals surface area (Å²) in [5, 5.41) is 20.5. The van der Waals surface area contributed by atoms with Crippen LogP contribution in [-0.4, -0.2) is 20.1 Å². The Balaban J connectivity index is 2.16. The molecular weight excluding hydrogens is 302 g/mol. The van der Waals surface area contributed by atoms with Crippen LogP contribution in [0.2, 0.25) is 0 Å². The monoisotopic (exact) mass is 311 g/mol. The summed E-state index contributed by atoms with van der Waals surface area (Å²) in [4.78, 5) is 14.6. The third kappa shape index (κ3) is 2.83. The van der Waals surface area contributed by atoms with Crippen molar-refractivity contribution in [3.63, 3.8) is 0 Å². The molecule has 0 unspecified atom stereocenters. The zero-order valence-electron chi connectivity index (χ0n) is 9.48. The first kappa shape index (κ1) is 12.5. The molecule has 0 aliphatic carbocycles. The van der Waals surface area contributed by atoms with Gasteiger partial charge in [0.15, 0.2) is 5.82 Å². The maximum Gasteiger partial charge on any atom is 0.293 e. The SMILES string of the molecule is Cc1nc(CNc2ccc(Br)cc2[N+](=O)[O-])n[nH]1. The number of benzene rings is 1. The van der Waals surface area contributed by atoms with E-state index < -0.39 is 4.92 Å². The van der Waals surface area contributed by atoms with Crippen LogP contribution in [0.3, 0.4) is 0 Å². The molecule has 0 radical (unpaired) electrons. The van der Waals surface area contributed by atoms with Crippen molar-refractivity contribution in [2.75, 3.05) is 5.32 Å². The lowest BCUT2D eigenvalue weighted by molar-refractivity contribution is -0.384. The molecule has 8 heteroatoms. The first-order valence-corrected chi connectivity index (χ1v) is 5.91. The molecule has 0 saturated heterocycles. The van der Waals surface area contributed by atoms with Gasteiger partial charge < -0.3 is 5.32 Å². The molecule has 0 spiro atoms. The first-order valence-electron chi connectivity index (χ1n) is 5.12. The Morgan fingerprint density at radius 3 is 2.94 bits per heavy atom. The summed E-state index contributed by atoms with van der Waals surface area (Å²) in [5.41, 5.74) is 0.447. The Bertz CT molecular complexity index is 583. The zero-order chi connectivity index (χ0) is 13.1. The van der Waals surface area contributed by atoms with Gasteiger partial charge in [-0.05, 0) is 19.1 Å². The zero-order valence-corrected chi connectivity index (χ0v) is 11.1. The second-order valence-corrected chi connectivity index (χ2v) is 4.52. The topological polar surface area (TPSA) is 96.7 Å². The van der Waals surface area contributed by atoms with Crippen molar-refractivity contribution in [2.45, 2.75) is 13.5 Å². The molecule has 2 rings (SSSR count). The molecule has 1 heterocycles. The average Bonchev–Trinajstić information content (AvgIpc) is 2.73. The van der Waals surface area contributed by atoms with E-state index in [9.17, 15) is 10.1 Å². The minimum atomic E-state index is -0.434. The van der Waals surface area contributed by atoms with E-state index in [2.05, 4.69) is 36.4 Å². The fourth-order valence-electron chi connectivity index (χ4n) is 1.45. The van der Waals surface area contributed by atoms with E-state index in [0.717, 1.165) is 0 Å². The van der Waals surface area contributed by atoms with Crippen LogP contribution in [-0.2, 0) is 6.54 Å². The Morgan fingerprint density at radius 2 is 2.33 bits per heavy atom. The number of aromatic amines is 1. The molecule has 0 aliphatic rings. The van der Waals surface area contributed by atoms with Gasteiger partial charge in [-0.2, -0.15) is 5.10 Å². The van der Waals surface area contributed by atoms with Gasteiger partial charge in [-0.3, -0.25) is 15.2 Å². The molecule has 18 heavy (non-hydrogen) atoms. The lowest BCUT2D eigenvalue weighted by atomic mass is 10.2. The molecule has 1 aromatic heterocycles. The molecule has 0 bridgehead atoms. The lowest BCUT2D eigenvalue weighted by Gasteiger charge is -2.05. The third-order valence-electron chi connectivity index (χ3n) is 2.24. The summed E-state index contributed by atoms with van der Waals surface area (Å²) >= 11 is 3.20. The van der Waals surface area contributed by atoms with E-state index in [0.29, 0.717) is 28.4 Å². The predicted molar refractivity (Wildman–Crippen MR) is 69.2 cm³/mol. The number of hydrogen-bond acceptors (Lipinski definition) is 5. The maximum atomic E-state index is 10.9. The van der Waals surface area contributed by atoms with E-state index in [-0.39, 0.29) is 5.69 Å². The number of aromatic nitrogens is 3. The molecule has 0 saturated carbocycles. The highest BCUT2D eigenvalue weighted by molar-refractivity contribution is 9.10. The predicted octanol–water partition coefficient (Wildman–Crippen LogP) is 2.40. The molecule has 0 fully saturated rings. The summed E-state index contributed by atoms with van der Waals surface area (Å²) < 4.78 is 0.661. The number of nitrogens with one attached hydrogen (secondary N) is 2. The van der Waals surface area contributed by atoms with Crippen LogP contribution in [0.5, 0.6) is 0 Å². The van der Waals surface area contributed by atoms with Gasteiger partial charge in [0.2, 0.25) is 0 Å². The minimum absolute atomic E-state index is 0.0108. The van der Waals surface area contributed by atoms with Crippen LogP contribution in [0.15, 0.2) is 22.7 Å². The van der Waals surface area contributed by atoms with Gasteiger partial charge in [0.25, 0.3) is 5.69 Å². The first-order chi connectivity index (χ1) is 8.56. The van der Waals surface area contributed by atoms with Crippen molar-refractivity contribution in [3.05, 3.63) is 44.4 Å². The van der Waals surface area contributed by atoms with Crippen LogP contribution >= 0.6 is 15.9 Å². The van der Waals surface area contributed by atoms with Crippen molar-refractivity contribution in [3.8, 4) is 0 Å². The number of anilines is 1. The molecule has 0 amide bonds. The van der Waals surface area contributed by atoms with Gasteiger partial charge in [0.05, 0.1) is 11.5 Å². The number of nitrogens with zero attached hydrogens (tertiary/aromatic N) is 3. The average molecular weight is 312 g/mol. The van der Waals surface area contributed by atoms with Crippen molar-refractivity contribution >= 4 is 27.3 Å². The molecule has 1 aromatic carbocycles. The number of halogens is 1. The van der Waals surface area contributed by atoms with E-state index in [1.165, 1.54) is 6.07 Å². The van der Waals surface area contributed by atoms with Gasteiger partial charge in [-0.1, -0.05) is 15.9 Å². The largest absolute Gasteiger partial charge is 0.372 e. The maximum absolute atomic E-state index is 10.9. The van der Waals surface area contributed by atoms with Crippen molar-refractivity contribution in [1.82, 2.24) is 15.2 Å². The van der Waals surface area contributed by atoms with E-state index in [1.54, 1.807) is 19.1 Å². The van der Waals surface area contributed by atoms with Gasteiger partial charge >= 0.3 is 0 Å². The summed E-state index contributed by atoms with van der Waals surface area (Å²) in [6.45, 7) is 2.12. The van der Waals surface area contributed by atoms with E-state index >= 15 is 0 Å². The van der Waals surface area contributed by atoms with Crippen LogP contribution in [0.4, 0.5) is 11.4 Å². The second kappa shape index (κ2) is 5.13. The Morgan fingerprint density at radius 1 is 1.56 bits per heavy atom. The van der Waals surface area contributed by atoms with Crippen LogP contribution < -0.4 is 5.32 Å². The lowest BCUT2D eigenvalue weighted by Crippen LogP contribution is -2.04. The second-order valence-electron chi connectivity index (χ2n) is 3.61. The highest BCUT2D eigenvalue weighted by Crippen LogP contribution is 2.28. The molecule has 2 aromatic rings. The number of hydrogen-bond donors (Lipinski definition) is 2. The third-order valence-corrected chi connectivity index (χ3v) is 2.73. The Hall–Kier alpha value is -1.96. The summed E-state index contributed by atoms with van der Waals surface area (Å²) in [5.74, 6) is 1.27. The van der Waals surface area contributed by atoms with Gasteiger partial charge in [0, 0.05) is 10.5 Å². The standard InChI is InChI=1S/C10H10BrN5O2/c1-6-13-10(15-14-6)5-12-8-3-2-7(11)4-9(8)16(17)18/h2-4,12H,5H2,1H3,(H,13,14,15). The number of H-pyrrole nitrogens is 1. The minimum Gasteiger partial charge on any atom is -0.372 e. The Kier molecular flexibility index (Phi) is 3.56. The quantitative estimate of drug-likeness (QED) is 0.667. The van der Waals surface area contributed by atoms with Crippen molar-refractivity contribution in [1.29, 1.82) is 0 Å². The summed E-state index contributed by atoms with van der Waals surface area (Å²) in [6, 6.07) is 4.83. The van der Waals surface area contributed by atoms with E-state index in [4.69, 9.17) is 0 Å². The molecule has 2 N–H and O–H groups in total. The fraction of sp³-hybridized carbons (Fsp3) is 0.200. The van der Waals surface area contributed by atoms with Crippen LogP contribution in [0.1, 0.15) is 11.6 Å². The van der Waals surface area contributed by atoms with Crippen LogP contribution in [0.25, 0.3) is 0 Å². The highest BCUT2D eigenvalue weighted by Gasteiger charge is 2.14. The molecule has 0 atom stereocenters. The van der Waals surface area contributed by atoms with Crippen molar-refractivity contribution < 1.29 is 4.92 Å². The molecule has 94 valence electrons.